The predicted octanol–water partition coefficient (Wildman–Crippen LogP) is 2.30. The molecule has 0 fully saturated rings. The summed E-state index contributed by atoms with van der Waals surface area (Å²) < 4.78 is 0. The van der Waals surface area contributed by atoms with Gasteiger partial charge < -0.3 is 5.01 Å². The molecule has 0 aliphatic carbocycles. The quantitative estimate of drug-likeness (QED) is 0.561. The number of carbonyl (C=O) groups excluding carboxylic acids is 1. The third-order valence-corrected chi connectivity index (χ3v) is 2.21. The predicted molar refractivity (Wildman–Crippen MR) is 66.7 cm³/mol. The summed E-state index contributed by atoms with van der Waals surface area (Å²) in [6.07, 6.45) is 2.33. The molecule has 0 bridgehead atoms. The smallest absolute Gasteiger partial charge is 0.130 e. The van der Waals surface area contributed by atoms with Crippen LogP contribution in [0.15, 0.2) is 35.4 Å². The molecule has 0 aromatic heterocycles. The maximum Gasteiger partial charge on any atom is 0.130 e. The van der Waals surface area contributed by atoms with Crippen LogP contribution in [0.25, 0.3) is 0 Å². The van der Waals surface area contributed by atoms with Gasteiger partial charge in [-0.15, -0.1) is 0 Å². The van der Waals surface area contributed by atoms with Crippen molar-refractivity contribution in [2.24, 2.45) is 5.10 Å². The van der Waals surface area contributed by atoms with Crippen molar-refractivity contribution in [2.45, 2.75) is 19.3 Å². The van der Waals surface area contributed by atoms with E-state index in [1.807, 2.05) is 50.6 Å². The molecule has 1 rings (SSSR count). The summed E-state index contributed by atoms with van der Waals surface area (Å²) in [6, 6.07) is 9.97. The van der Waals surface area contributed by atoms with Gasteiger partial charge in [-0.25, -0.2) is 0 Å². The first-order valence-corrected chi connectivity index (χ1v) is 5.35. The maximum atomic E-state index is 11.2. The largest absolute Gasteiger partial charge is 0.303 e. The fourth-order valence-corrected chi connectivity index (χ4v) is 1.48. The normalized spacial score (nSPS) is 12.7. The van der Waals surface area contributed by atoms with Crippen molar-refractivity contribution in [1.82, 2.24) is 5.01 Å². The minimum Gasteiger partial charge on any atom is -0.303 e. The van der Waals surface area contributed by atoms with Gasteiger partial charge in [-0.05, 0) is 12.5 Å². The minimum absolute atomic E-state index is 0.0705. The number of nitrogens with zero attached hydrogens (tertiary/aromatic N) is 2. The fraction of sp³-hybridized carbons (Fsp3) is 0.385. The number of hydrazone groups is 1. The molecule has 16 heavy (non-hydrogen) atoms. The van der Waals surface area contributed by atoms with Gasteiger partial charge in [0.25, 0.3) is 0 Å². The number of hydrogen-bond acceptors (Lipinski definition) is 3. The van der Waals surface area contributed by atoms with Gasteiger partial charge in [0.1, 0.15) is 5.78 Å². The summed E-state index contributed by atoms with van der Waals surface area (Å²) in [4.78, 5) is 11.2. The molecular weight excluding hydrogens is 200 g/mol. The van der Waals surface area contributed by atoms with Gasteiger partial charge in [-0.3, -0.25) is 4.79 Å². The van der Waals surface area contributed by atoms with Gasteiger partial charge in [0.2, 0.25) is 0 Å². The summed E-state index contributed by atoms with van der Waals surface area (Å²) in [7, 11) is 3.73. The third-order valence-electron chi connectivity index (χ3n) is 2.21. The second kappa shape index (κ2) is 6.05. The van der Waals surface area contributed by atoms with Crippen LogP contribution in [0.4, 0.5) is 0 Å². The van der Waals surface area contributed by atoms with E-state index < -0.39 is 0 Å². The Morgan fingerprint density at radius 1 is 1.38 bits per heavy atom. The average molecular weight is 218 g/mol. The Bertz CT molecular complexity index is 357. The molecule has 86 valence electrons. The number of Topliss-reactive ketones (excluding diaryl/α,β-unsaturated/α-hetero) is 1. The molecule has 3 heteroatoms. The summed E-state index contributed by atoms with van der Waals surface area (Å²) >= 11 is 0. The zero-order chi connectivity index (χ0) is 12.0. The lowest BCUT2D eigenvalue weighted by Gasteiger charge is -2.12. The van der Waals surface area contributed by atoms with Crippen molar-refractivity contribution in [3.63, 3.8) is 0 Å². The van der Waals surface area contributed by atoms with Crippen LogP contribution < -0.4 is 0 Å². The molecule has 0 aliphatic rings. The molecule has 0 heterocycles. The molecule has 1 aromatic rings. The van der Waals surface area contributed by atoms with Gasteiger partial charge in [0.15, 0.2) is 0 Å². The second-order valence-electron chi connectivity index (χ2n) is 4.04. The van der Waals surface area contributed by atoms with Gasteiger partial charge >= 0.3 is 0 Å². The van der Waals surface area contributed by atoms with E-state index in [0.717, 1.165) is 5.56 Å². The monoisotopic (exact) mass is 218 g/mol. The first-order chi connectivity index (χ1) is 7.59. The Kier molecular flexibility index (Phi) is 4.70. The molecule has 1 unspecified atom stereocenters. The van der Waals surface area contributed by atoms with Crippen molar-refractivity contribution in [3.8, 4) is 0 Å². The molecule has 0 amide bonds. The van der Waals surface area contributed by atoms with E-state index in [4.69, 9.17) is 0 Å². The lowest BCUT2D eigenvalue weighted by atomic mass is 9.95. The van der Waals surface area contributed by atoms with Crippen LogP contribution in [-0.4, -0.2) is 31.1 Å². The molecule has 0 aliphatic heterocycles. The lowest BCUT2D eigenvalue weighted by molar-refractivity contribution is -0.117. The first-order valence-electron chi connectivity index (χ1n) is 5.35. The van der Waals surface area contributed by atoms with Crippen LogP contribution >= 0.6 is 0 Å². The second-order valence-corrected chi connectivity index (χ2v) is 4.04. The summed E-state index contributed by atoms with van der Waals surface area (Å²) in [6.45, 7) is 1.61. The van der Waals surface area contributed by atoms with E-state index in [-0.39, 0.29) is 11.7 Å². The van der Waals surface area contributed by atoms with Crippen LogP contribution in [0.5, 0.6) is 0 Å². The van der Waals surface area contributed by atoms with Crippen LogP contribution in [0.3, 0.4) is 0 Å². The van der Waals surface area contributed by atoms with Crippen molar-refractivity contribution in [1.29, 1.82) is 0 Å². The fourth-order valence-electron chi connectivity index (χ4n) is 1.48. The Balaban J connectivity index is 2.83. The van der Waals surface area contributed by atoms with Crippen molar-refractivity contribution in [2.75, 3.05) is 14.1 Å². The maximum absolute atomic E-state index is 11.2. The number of hydrogen-bond donors (Lipinski definition) is 0. The Morgan fingerprint density at radius 2 is 2.00 bits per heavy atom. The number of carbonyl (C=O) groups is 1. The van der Waals surface area contributed by atoms with E-state index >= 15 is 0 Å². The van der Waals surface area contributed by atoms with Crippen molar-refractivity contribution < 1.29 is 4.79 Å². The highest BCUT2D eigenvalue weighted by Crippen LogP contribution is 2.17. The Hall–Kier alpha value is -1.64. The lowest BCUT2D eigenvalue weighted by Crippen LogP contribution is -2.09. The van der Waals surface area contributed by atoms with E-state index in [1.165, 1.54) is 0 Å². The molecular formula is C13H18N2O. The highest BCUT2D eigenvalue weighted by Gasteiger charge is 2.11. The number of rotatable bonds is 5. The summed E-state index contributed by atoms with van der Waals surface area (Å²) in [5, 5.41) is 5.94. The van der Waals surface area contributed by atoms with E-state index in [9.17, 15) is 4.79 Å². The van der Waals surface area contributed by atoms with Crippen LogP contribution in [0.2, 0.25) is 0 Å². The van der Waals surface area contributed by atoms with E-state index in [0.29, 0.717) is 6.42 Å². The van der Waals surface area contributed by atoms with Crippen LogP contribution in [-0.2, 0) is 4.79 Å². The Labute approximate surface area is 96.8 Å². The van der Waals surface area contributed by atoms with Crippen molar-refractivity contribution >= 4 is 12.0 Å². The topological polar surface area (TPSA) is 32.7 Å². The summed E-state index contributed by atoms with van der Waals surface area (Å²) in [5.74, 6) is 0.250. The molecule has 0 saturated carbocycles. The molecule has 1 aromatic carbocycles. The van der Waals surface area contributed by atoms with Crippen LogP contribution in [0, 0.1) is 0 Å². The van der Waals surface area contributed by atoms with Gasteiger partial charge in [-0.1, -0.05) is 30.3 Å². The molecule has 0 radical (unpaired) electrons. The molecule has 0 saturated heterocycles. The van der Waals surface area contributed by atoms with Gasteiger partial charge in [0, 0.05) is 32.6 Å². The molecule has 0 spiro atoms. The zero-order valence-corrected chi connectivity index (χ0v) is 10.1. The van der Waals surface area contributed by atoms with E-state index in [2.05, 4.69) is 5.10 Å². The average Bonchev–Trinajstić information content (AvgIpc) is 2.25. The Morgan fingerprint density at radius 3 is 2.50 bits per heavy atom. The SMILES string of the molecule is CC(=O)CC(/C=N/N(C)C)c1ccccc1. The molecule has 0 N–H and O–H groups in total. The zero-order valence-electron chi connectivity index (χ0n) is 10.1. The first kappa shape index (κ1) is 12.4. The standard InChI is InChI=1S/C13H18N2O/c1-11(16)9-13(10-14-15(2)3)12-7-5-4-6-8-12/h4-8,10,13H,9H2,1-3H3/b14-10+. The minimum atomic E-state index is 0.0705. The van der Waals surface area contributed by atoms with Gasteiger partial charge in [0.05, 0.1) is 0 Å². The molecule has 3 nitrogen and oxygen atoms in total. The number of ketones is 1. The molecule has 1 atom stereocenters. The highest BCUT2D eigenvalue weighted by atomic mass is 16.1. The summed E-state index contributed by atoms with van der Waals surface area (Å²) in [5.41, 5.74) is 1.13. The van der Waals surface area contributed by atoms with Gasteiger partial charge in [-0.2, -0.15) is 5.10 Å². The van der Waals surface area contributed by atoms with Crippen molar-refractivity contribution in [3.05, 3.63) is 35.9 Å². The third kappa shape index (κ3) is 4.26. The van der Waals surface area contributed by atoms with Crippen LogP contribution in [0.1, 0.15) is 24.8 Å². The number of benzene rings is 1. The highest BCUT2D eigenvalue weighted by molar-refractivity contribution is 5.82. The van der Waals surface area contributed by atoms with E-state index in [1.54, 1.807) is 11.9 Å².